The molecule has 0 amide bonds. The molecule has 4 heteroatoms. The maximum atomic E-state index is 10.8. The summed E-state index contributed by atoms with van der Waals surface area (Å²) in [6.45, 7) is 0.482. The van der Waals surface area contributed by atoms with Crippen molar-refractivity contribution in [2.75, 3.05) is 13.6 Å². The largest absolute Gasteiger partial charge is 0.481 e. The van der Waals surface area contributed by atoms with Crippen LogP contribution in [0, 0.1) is 0 Å². The monoisotopic (exact) mass is 185 g/mol. The third kappa shape index (κ3) is 2.06. The van der Waals surface area contributed by atoms with E-state index in [2.05, 4.69) is 5.32 Å². The van der Waals surface area contributed by atoms with Gasteiger partial charge in [0.2, 0.25) is 0 Å². The van der Waals surface area contributed by atoms with E-state index in [0.29, 0.717) is 6.54 Å². The van der Waals surface area contributed by atoms with Crippen LogP contribution in [0.5, 0.6) is 0 Å². The standard InChI is InChI=1S/C8H11NO2S/c1-9-5-6(8(10)11)7-3-2-4-12-7/h2-4,6,9H,5H2,1H3,(H,10,11). The molecule has 1 unspecified atom stereocenters. The molecule has 0 bridgehead atoms. The second-order valence-corrected chi connectivity index (χ2v) is 3.44. The van der Waals surface area contributed by atoms with Gasteiger partial charge in [0.05, 0.1) is 0 Å². The average Bonchev–Trinajstić information content (AvgIpc) is 2.51. The Balaban J connectivity index is 2.73. The number of rotatable bonds is 4. The molecule has 0 spiro atoms. The number of aliphatic carboxylic acids is 1. The second kappa shape index (κ2) is 4.23. The van der Waals surface area contributed by atoms with Gasteiger partial charge in [-0.15, -0.1) is 11.3 Å². The van der Waals surface area contributed by atoms with Gasteiger partial charge >= 0.3 is 5.97 Å². The number of hydrogen-bond donors (Lipinski definition) is 2. The van der Waals surface area contributed by atoms with Crippen molar-refractivity contribution < 1.29 is 9.90 Å². The van der Waals surface area contributed by atoms with Crippen LogP contribution in [-0.2, 0) is 4.79 Å². The Bertz CT molecular complexity index is 246. The molecule has 0 aliphatic heterocycles. The van der Waals surface area contributed by atoms with E-state index in [4.69, 9.17) is 5.11 Å². The van der Waals surface area contributed by atoms with Crippen molar-refractivity contribution in [2.45, 2.75) is 5.92 Å². The maximum absolute atomic E-state index is 10.8. The van der Waals surface area contributed by atoms with E-state index in [9.17, 15) is 4.79 Å². The Morgan fingerprint density at radius 1 is 1.83 bits per heavy atom. The molecule has 0 aliphatic carbocycles. The number of hydrogen-bond acceptors (Lipinski definition) is 3. The van der Waals surface area contributed by atoms with Crippen LogP contribution in [0.2, 0.25) is 0 Å². The quantitative estimate of drug-likeness (QED) is 0.739. The molecular weight excluding hydrogens is 174 g/mol. The summed E-state index contributed by atoms with van der Waals surface area (Å²) < 4.78 is 0. The van der Waals surface area contributed by atoms with Crippen LogP contribution in [0.3, 0.4) is 0 Å². The summed E-state index contributed by atoms with van der Waals surface area (Å²) in [4.78, 5) is 11.7. The van der Waals surface area contributed by atoms with Gasteiger partial charge in [0, 0.05) is 11.4 Å². The Morgan fingerprint density at radius 3 is 3.00 bits per heavy atom. The molecule has 0 radical (unpaired) electrons. The summed E-state index contributed by atoms with van der Waals surface area (Å²) >= 11 is 1.48. The van der Waals surface area contributed by atoms with E-state index in [1.165, 1.54) is 11.3 Å². The summed E-state index contributed by atoms with van der Waals surface area (Å²) in [5.74, 6) is -1.18. The molecule has 2 N–H and O–H groups in total. The number of nitrogens with one attached hydrogen (secondary N) is 1. The van der Waals surface area contributed by atoms with Gasteiger partial charge in [-0.25, -0.2) is 0 Å². The van der Waals surface area contributed by atoms with E-state index < -0.39 is 11.9 Å². The van der Waals surface area contributed by atoms with Crippen molar-refractivity contribution in [3.63, 3.8) is 0 Å². The fraction of sp³-hybridized carbons (Fsp3) is 0.375. The topological polar surface area (TPSA) is 49.3 Å². The summed E-state index contributed by atoms with van der Waals surface area (Å²) in [5.41, 5.74) is 0. The molecule has 0 fully saturated rings. The maximum Gasteiger partial charge on any atom is 0.313 e. The number of carboxylic acid groups (broad SMARTS) is 1. The molecule has 3 nitrogen and oxygen atoms in total. The Morgan fingerprint density at radius 2 is 2.58 bits per heavy atom. The first-order chi connectivity index (χ1) is 5.75. The van der Waals surface area contributed by atoms with Gasteiger partial charge in [0.25, 0.3) is 0 Å². The van der Waals surface area contributed by atoms with Crippen LogP contribution in [0.15, 0.2) is 17.5 Å². The molecule has 1 aromatic heterocycles. The van der Waals surface area contributed by atoms with Gasteiger partial charge in [-0.1, -0.05) is 6.07 Å². The third-order valence-electron chi connectivity index (χ3n) is 1.59. The molecule has 66 valence electrons. The molecular formula is C8H11NO2S. The van der Waals surface area contributed by atoms with Gasteiger partial charge in [-0.2, -0.15) is 0 Å². The lowest BCUT2D eigenvalue weighted by Crippen LogP contribution is -2.23. The number of carbonyl (C=O) groups is 1. The van der Waals surface area contributed by atoms with Gasteiger partial charge in [0.1, 0.15) is 5.92 Å². The average molecular weight is 185 g/mol. The molecule has 1 aromatic rings. The second-order valence-electron chi connectivity index (χ2n) is 2.46. The van der Waals surface area contributed by atoms with Crippen LogP contribution in [0.4, 0.5) is 0 Å². The zero-order valence-corrected chi connectivity index (χ0v) is 7.60. The molecule has 1 heterocycles. The molecule has 0 saturated heterocycles. The lowest BCUT2D eigenvalue weighted by molar-refractivity contribution is -0.138. The predicted octanol–water partition coefficient (Wildman–Crippen LogP) is 1.14. The van der Waals surface area contributed by atoms with Crippen LogP contribution in [-0.4, -0.2) is 24.7 Å². The van der Waals surface area contributed by atoms with E-state index in [-0.39, 0.29) is 0 Å². The van der Waals surface area contributed by atoms with Crippen LogP contribution in [0.25, 0.3) is 0 Å². The van der Waals surface area contributed by atoms with E-state index in [0.717, 1.165) is 4.88 Å². The van der Waals surface area contributed by atoms with Crippen molar-refractivity contribution in [1.29, 1.82) is 0 Å². The van der Waals surface area contributed by atoms with Gasteiger partial charge < -0.3 is 10.4 Å². The smallest absolute Gasteiger partial charge is 0.313 e. The highest BCUT2D eigenvalue weighted by Gasteiger charge is 2.19. The predicted molar refractivity (Wildman–Crippen MR) is 48.6 cm³/mol. The highest BCUT2D eigenvalue weighted by atomic mass is 32.1. The normalized spacial score (nSPS) is 12.8. The summed E-state index contributed by atoms with van der Waals surface area (Å²) in [7, 11) is 1.75. The van der Waals surface area contributed by atoms with Crippen LogP contribution < -0.4 is 5.32 Å². The summed E-state index contributed by atoms with van der Waals surface area (Å²) in [6.07, 6.45) is 0. The molecule has 0 aromatic carbocycles. The minimum absolute atomic E-state index is 0.407. The van der Waals surface area contributed by atoms with Crippen molar-refractivity contribution in [2.24, 2.45) is 0 Å². The minimum atomic E-state index is -0.771. The van der Waals surface area contributed by atoms with Crippen molar-refractivity contribution in [3.8, 4) is 0 Å². The lowest BCUT2D eigenvalue weighted by atomic mass is 10.1. The first-order valence-electron chi connectivity index (χ1n) is 3.66. The highest BCUT2D eigenvalue weighted by Crippen LogP contribution is 2.20. The SMILES string of the molecule is CNCC(C(=O)O)c1cccs1. The minimum Gasteiger partial charge on any atom is -0.481 e. The fourth-order valence-electron chi connectivity index (χ4n) is 1.00. The first kappa shape index (κ1) is 9.22. The number of carboxylic acids is 1. The molecule has 1 atom stereocenters. The van der Waals surface area contributed by atoms with E-state index in [1.54, 1.807) is 7.05 Å². The Labute approximate surface area is 75.0 Å². The van der Waals surface area contributed by atoms with Gasteiger partial charge in [-0.3, -0.25) is 4.79 Å². The van der Waals surface area contributed by atoms with Gasteiger partial charge in [0.15, 0.2) is 0 Å². The van der Waals surface area contributed by atoms with E-state index in [1.807, 2.05) is 17.5 Å². The van der Waals surface area contributed by atoms with Crippen LogP contribution in [0.1, 0.15) is 10.8 Å². The van der Waals surface area contributed by atoms with Crippen molar-refractivity contribution in [1.82, 2.24) is 5.32 Å². The Hall–Kier alpha value is -0.870. The zero-order valence-electron chi connectivity index (χ0n) is 6.78. The molecule has 0 saturated carbocycles. The zero-order chi connectivity index (χ0) is 8.97. The fourth-order valence-corrected chi connectivity index (χ4v) is 1.82. The molecule has 12 heavy (non-hydrogen) atoms. The van der Waals surface area contributed by atoms with Crippen molar-refractivity contribution in [3.05, 3.63) is 22.4 Å². The summed E-state index contributed by atoms with van der Waals surface area (Å²) in [5, 5.41) is 13.6. The Kier molecular flexibility index (Phi) is 3.25. The lowest BCUT2D eigenvalue weighted by Gasteiger charge is -2.08. The number of thiophene rings is 1. The first-order valence-corrected chi connectivity index (χ1v) is 4.54. The summed E-state index contributed by atoms with van der Waals surface area (Å²) in [6, 6.07) is 3.71. The van der Waals surface area contributed by atoms with E-state index >= 15 is 0 Å². The highest BCUT2D eigenvalue weighted by molar-refractivity contribution is 7.10. The third-order valence-corrected chi connectivity index (χ3v) is 2.58. The van der Waals surface area contributed by atoms with Crippen molar-refractivity contribution >= 4 is 17.3 Å². The number of likely N-dealkylation sites (N-methyl/N-ethyl adjacent to an activating group) is 1. The molecule has 0 aliphatic rings. The molecule has 1 rings (SSSR count). The van der Waals surface area contributed by atoms with Crippen LogP contribution >= 0.6 is 11.3 Å². The van der Waals surface area contributed by atoms with Gasteiger partial charge in [-0.05, 0) is 18.5 Å².